The van der Waals surface area contributed by atoms with E-state index in [4.69, 9.17) is 21.7 Å². The first-order valence-corrected chi connectivity index (χ1v) is 7.43. The molecule has 1 aromatic heterocycles. The van der Waals surface area contributed by atoms with E-state index in [9.17, 15) is 0 Å². The monoisotopic (exact) mass is 292 g/mol. The third kappa shape index (κ3) is 1.76. The molecule has 0 radical (unpaired) electrons. The Balaban J connectivity index is 2.27. The van der Waals surface area contributed by atoms with Gasteiger partial charge in [-0.05, 0) is 37.9 Å². The van der Waals surface area contributed by atoms with Crippen molar-refractivity contribution in [1.82, 2.24) is 9.55 Å². The molecule has 0 aliphatic heterocycles. The van der Waals surface area contributed by atoms with Gasteiger partial charge in [-0.1, -0.05) is 6.92 Å². The van der Waals surface area contributed by atoms with Crippen LogP contribution in [0, 0.1) is 4.77 Å². The average Bonchev–Trinajstić information content (AvgIpc) is 2.73. The number of aromatic nitrogens is 2. The predicted octanol–water partition coefficient (Wildman–Crippen LogP) is 4.01. The van der Waals surface area contributed by atoms with Crippen molar-refractivity contribution < 1.29 is 9.47 Å². The van der Waals surface area contributed by atoms with E-state index in [-0.39, 0.29) is 5.54 Å². The van der Waals surface area contributed by atoms with Crippen LogP contribution >= 0.6 is 12.2 Å². The lowest BCUT2D eigenvalue weighted by molar-refractivity contribution is 0.140. The maximum atomic E-state index is 5.55. The van der Waals surface area contributed by atoms with Crippen LogP contribution in [0.2, 0.25) is 0 Å². The van der Waals surface area contributed by atoms with Crippen LogP contribution in [0.15, 0.2) is 12.1 Å². The van der Waals surface area contributed by atoms with Crippen LogP contribution in [-0.4, -0.2) is 23.8 Å². The second kappa shape index (κ2) is 4.81. The Bertz CT molecular complexity index is 692. The normalized spacial score (nSPS) is 16.9. The number of aromatic amines is 1. The van der Waals surface area contributed by atoms with Crippen molar-refractivity contribution in [3.8, 4) is 11.5 Å². The second-order valence-corrected chi connectivity index (χ2v) is 5.81. The van der Waals surface area contributed by atoms with Gasteiger partial charge >= 0.3 is 0 Å². The minimum absolute atomic E-state index is 0.176. The minimum atomic E-state index is 0.176. The van der Waals surface area contributed by atoms with Crippen molar-refractivity contribution in [3.05, 3.63) is 16.9 Å². The summed E-state index contributed by atoms with van der Waals surface area (Å²) in [5.74, 6) is 1.47. The first kappa shape index (κ1) is 13.5. The highest BCUT2D eigenvalue weighted by molar-refractivity contribution is 7.71. The molecule has 1 aliphatic rings. The van der Waals surface area contributed by atoms with Crippen molar-refractivity contribution >= 4 is 23.3 Å². The Kier molecular flexibility index (Phi) is 3.24. The van der Waals surface area contributed by atoms with Gasteiger partial charge in [0.15, 0.2) is 16.3 Å². The molecular weight excluding hydrogens is 272 g/mol. The lowest BCUT2D eigenvalue weighted by Crippen LogP contribution is -2.39. The van der Waals surface area contributed by atoms with Gasteiger partial charge in [0.2, 0.25) is 0 Å². The SMILES string of the molecule is CCC1(n2c(=S)[nH]c3cc(OC)c(OC)cc32)CCC1. The molecule has 0 saturated heterocycles. The Morgan fingerprint density at radius 3 is 2.40 bits per heavy atom. The summed E-state index contributed by atoms with van der Waals surface area (Å²) in [5.41, 5.74) is 2.29. The third-order valence-corrected chi connectivity index (χ3v) is 4.89. The van der Waals surface area contributed by atoms with Gasteiger partial charge in [0.05, 0.1) is 25.3 Å². The molecule has 0 amide bonds. The van der Waals surface area contributed by atoms with Crippen molar-refractivity contribution in [1.29, 1.82) is 0 Å². The van der Waals surface area contributed by atoms with Gasteiger partial charge in [0.25, 0.3) is 0 Å². The molecule has 2 aromatic rings. The van der Waals surface area contributed by atoms with Gasteiger partial charge < -0.3 is 19.0 Å². The average molecular weight is 292 g/mol. The fourth-order valence-electron chi connectivity index (χ4n) is 3.22. The van der Waals surface area contributed by atoms with E-state index in [1.165, 1.54) is 19.3 Å². The summed E-state index contributed by atoms with van der Waals surface area (Å²) in [7, 11) is 3.31. The molecule has 1 saturated carbocycles. The van der Waals surface area contributed by atoms with Crippen molar-refractivity contribution in [2.75, 3.05) is 14.2 Å². The lowest BCUT2D eigenvalue weighted by Gasteiger charge is -2.43. The van der Waals surface area contributed by atoms with Crippen molar-refractivity contribution in [2.45, 2.75) is 38.1 Å². The number of ether oxygens (including phenoxy) is 2. The highest BCUT2D eigenvalue weighted by Gasteiger charge is 2.38. The molecule has 1 aromatic carbocycles. The quantitative estimate of drug-likeness (QED) is 0.866. The first-order valence-electron chi connectivity index (χ1n) is 7.02. The molecule has 4 nitrogen and oxygen atoms in total. The highest BCUT2D eigenvalue weighted by atomic mass is 32.1. The maximum Gasteiger partial charge on any atom is 0.178 e. The number of rotatable bonds is 4. The van der Waals surface area contributed by atoms with Crippen LogP contribution in [0.5, 0.6) is 11.5 Å². The Labute approximate surface area is 123 Å². The van der Waals surface area contributed by atoms with Crippen LogP contribution in [0.3, 0.4) is 0 Å². The first-order chi connectivity index (χ1) is 9.65. The summed E-state index contributed by atoms with van der Waals surface area (Å²) in [5, 5.41) is 0. The number of nitrogens with zero attached hydrogens (tertiary/aromatic N) is 1. The fourth-order valence-corrected chi connectivity index (χ4v) is 3.63. The summed E-state index contributed by atoms with van der Waals surface area (Å²) in [6, 6.07) is 3.98. The molecule has 0 atom stereocenters. The Morgan fingerprint density at radius 2 is 1.90 bits per heavy atom. The minimum Gasteiger partial charge on any atom is -0.493 e. The zero-order valence-corrected chi connectivity index (χ0v) is 13.0. The molecule has 1 fully saturated rings. The molecule has 20 heavy (non-hydrogen) atoms. The van der Waals surface area contributed by atoms with Gasteiger partial charge in [-0.25, -0.2) is 0 Å². The standard InChI is InChI=1S/C15H20N2O2S/c1-4-15(6-5-7-15)17-11-9-13(19-3)12(18-2)8-10(11)16-14(17)20/h8-9H,4-7H2,1-3H3,(H,16,20). The van der Waals surface area contributed by atoms with E-state index in [1.54, 1.807) is 14.2 Å². The van der Waals surface area contributed by atoms with Gasteiger partial charge in [0, 0.05) is 17.7 Å². The summed E-state index contributed by atoms with van der Waals surface area (Å²) in [6.07, 6.45) is 4.76. The largest absolute Gasteiger partial charge is 0.493 e. The molecule has 3 rings (SSSR count). The predicted molar refractivity (Wildman–Crippen MR) is 82.3 cm³/mol. The van der Waals surface area contributed by atoms with Crippen LogP contribution in [-0.2, 0) is 5.54 Å². The lowest BCUT2D eigenvalue weighted by atomic mass is 9.74. The zero-order valence-electron chi connectivity index (χ0n) is 12.2. The van der Waals surface area contributed by atoms with Crippen molar-refractivity contribution in [3.63, 3.8) is 0 Å². The van der Waals surface area contributed by atoms with E-state index in [0.29, 0.717) is 0 Å². The molecule has 1 heterocycles. The van der Waals surface area contributed by atoms with Crippen LogP contribution in [0.4, 0.5) is 0 Å². The molecule has 0 spiro atoms. The van der Waals surface area contributed by atoms with Gasteiger partial charge in [0.1, 0.15) is 0 Å². The maximum absolute atomic E-state index is 5.55. The van der Waals surface area contributed by atoms with Gasteiger partial charge in [-0.15, -0.1) is 0 Å². The summed E-state index contributed by atoms with van der Waals surface area (Å²) >= 11 is 5.55. The van der Waals surface area contributed by atoms with Crippen molar-refractivity contribution in [2.24, 2.45) is 0 Å². The van der Waals surface area contributed by atoms with Crippen LogP contribution < -0.4 is 9.47 Å². The molecule has 0 unspecified atom stereocenters. The number of nitrogens with one attached hydrogen (secondary N) is 1. The van der Waals surface area contributed by atoms with E-state index < -0.39 is 0 Å². The molecule has 108 valence electrons. The zero-order chi connectivity index (χ0) is 14.3. The summed E-state index contributed by atoms with van der Waals surface area (Å²) < 4.78 is 13.8. The Hall–Kier alpha value is -1.49. The third-order valence-electron chi connectivity index (χ3n) is 4.60. The topological polar surface area (TPSA) is 39.2 Å². The van der Waals surface area contributed by atoms with Gasteiger partial charge in [-0.3, -0.25) is 0 Å². The smallest absolute Gasteiger partial charge is 0.178 e. The summed E-state index contributed by atoms with van der Waals surface area (Å²) in [6.45, 7) is 2.24. The number of methoxy groups -OCH3 is 2. The van der Waals surface area contributed by atoms with Gasteiger partial charge in [-0.2, -0.15) is 0 Å². The summed E-state index contributed by atoms with van der Waals surface area (Å²) in [4.78, 5) is 3.30. The number of hydrogen-bond donors (Lipinski definition) is 1. The van der Waals surface area contributed by atoms with E-state index in [2.05, 4.69) is 16.5 Å². The number of H-pyrrole nitrogens is 1. The Morgan fingerprint density at radius 1 is 1.25 bits per heavy atom. The number of imidazole rings is 1. The van der Waals surface area contributed by atoms with E-state index >= 15 is 0 Å². The molecule has 5 heteroatoms. The van der Waals surface area contributed by atoms with E-state index in [1.807, 2.05) is 12.1 Å². The van der Waals surface area contributed by atoms with Crippen LogP contribution in [0.1, 0.15) is 32.6 Å². The molecule has 1 N–H and O–H groups in total. The number of benzene rings is 1. The second-order valence-electron chi connectivity index (χ2n) is 5.42. The van der Waals surface area contributed by atoms with E-state index in [0.717, 1.165) is 33.7 Å². The van der Waals surface area contributed by atoms with Crippen LogP contribution in [0.25, 0.3) is 11.0 Å². The molecule has 0 bridgehead atoms. The molecular formula is C15H20N2O2S. The fraction of sp³-hybridized carbons (Fsp3) is 0.533. The number of hydrogen-bond acceptors (Lipinski definition) is 3. The highest BCUT2D eigenvalue weighted by Crippen LogP contribution is 2.45. The number of fused-ring (bicyclic) bond motifs is 1. The molecule has 1 aliphatic carbocycles.